The Morgan fingerprint density at radius 2 is 1.83 bits per heavy atom. The van der Waals surface area contributed by atoms with E-state index in [1.54, 1.807) is 9.42 Å². The molecule has 1 saturated heterocycles. The van der Waals surface area contributed by atoms with E-state index in [0.29, 0.717) is 28.9 Å². The van der Waals surface area contributed by atoms with Gasteiger partial charge in [0.15, 0.2) is 5.65 Å². The van der Waals surface area contributed by atoms with Gasteiger partial charge in [-0.15, -0.1) is 0 Å². The number of benzene rings is 1. The number of hydrogen-bond donors (Lipinski definition) is 0. The molecule has 3 aromatic rings. The van der Waals surface area contributed by atoms with Crippen molar-refractivity contribution in [1.29, 1.82) is 0 Å². The zero-order valence-electron chi connectivity index (χ0n) is 16.7. The Balaban J connectivity index is 1.41. The molecule has 0 bridgehead atoms. The van der Waals surface area contributed by atoms with Gasteiger partial charge in [0.2, 0.25) is 0 Å². The molecule has 0 unspecified atom stereocenters. The van der Waals surface area contributed by atoms with Crippen LogP contribution in [0, 0.1) is 11.8 Å². The molecule has 1 aliphatic carbocycles. The van der Waals surface area contributed by atoms with Crippen LogP contribution in [-0.2, 0) is 6.42 Å². The zero-order valence-corrected chi connectivity index (χ0v) is 18.3. The van der Waals surface area contributed by atoms with E-state index in [2.05, 4.69) is 45.3 Å². The first kappa shape index (κ1) is 19.7. The molecule has 0 atom stereocenters. The standard InChI is InChI=1S/C23H24BrFN4O/c24-21-20(23(30)28-13-17(12-25)14-28)22-26-19(9-10-29(22)27-21)18-7-5-16(6-8-18)11-15-3-1-2-4-15/h5-10,15,17H,1-4,11-14H2. The fourth-order valence-corrected chi connectivity index (χ4v) is 5.12. The van der Waals surface area contributed by atoms with Crippen molar-refractivity contribution in [3.8, 4) is 11.3 Å². The van der Waals surface area contributed by atoms with Crippen molar-refractivity contribution in [1.82, 2.24) is 19.5 Å². The van der Waals surface area contributed by atoms with Crippen molar-refractivity contribution in [2.75, 3.05) is 19.8 Å². The van der Waals surface area contributed by atoms with Gasteiger partial charge in [-0.3, -0.25) is 9.18 Å². The van der Waals surface area contributed by atoms with Crippen LogP contribution in [0.5, 0.6) is 0 Å². The summed E-state index contributed by atoms with van der Waals surface area (Å²) in [6, 6.07) is 10.5. The van der Waals surface area contributed by atoms with Crippen LogP contribution in [0.1, 0.15) is 41.6 Å². The normalized spacial score (nSPS) is 17.6. The van der Waals surface area contributed by atoms with Gasteiger partial charge < -0.3 is 4.90 Å². The fourth-order valence-electron chi connectivity index (χ4n) is 4.60. The average Bonchev–Trinajstić information content (AvgIpc) is 3.33. The summed E-state index contributed by atoms with van der Waals surface area (Å²) >= 11 is 3.40. The molecule has 2 aliphatic rings. The number of alkyl halides is 1. The first-order valence-corrected chi connectivity index (χ1v) is 11.4. The molecule has 30 heavy (non-hydrogen) atoms. The van der Waals surface area contributed by atoms with Gasteiger partial charge in [0, 0.05) is 30.8 Å². The summed E-state index contributed by atoms with van der Waals surface area (Å²) < 4.78 is 14.8. The van der Waals surface area contributed by atoms with Gasteiger partial charge in [-0.2, -0.15) is 5.10 Å². The molecule has 1 aliphatic heterocycles. The number of hydrogen-bond acceptors (Lipinski definition) is 3. The van der Waals surface area contributed by atoms with Crippen LogP contribution in [0.25, 0.3) is 16.9 Å². The Bertz CT molecular complexity index is 1070. The SMILES string of the molecule is O=C(c1c(Br)nn2ccc(-c3ccc(CC4CCCC4)cc3)nc12)N1CC(CF)C1. The third-order valence-electron chi connectivity index (χ3n) is 6.37. The average molecular weight is 471 g/mol. The summed E-state index contributed by atoms with van der Waals surface area (Å²) in [4.78, 5) is 19.3. The smallest absolute Gasteiger partial charge is 0.260 e. The predicted octanol–water partition coefficient (Wildman–Crippen LogP) is 4.93. The molecule has 1 amide bonds. The van der Waals surface area contributed by atoms with Gasteiger partial charge in [-0.1, -0.05) is 49.9 Å². The molecule has 7 heteroatoms. The molecule has 2 aromatic heterocycles. The summed E-state index contributed by atoms with van der Waals surface area (Å²) in [5.41, 5.74) is 4.15. The Kier molecular flexibility index (Phi) is 5.31. The van der Waals surface area contributed by atoms with Crippen molar-refractivity contribution in [3.63, 3.8) is 0 Å². The number of aromatic nitrogens is 3. The number of likely N-dealkylation sites (tertiary alicyclic amines) is 1. The minimum atomic E-state index is -0.390. The van der Waals surface area contributed by atoms with Gasteiger partial charge in [-0.05, 0) is 39.9 Å². The second kappa shape index (κ2) is 8.10. The van der Waals surface area contributed by atoms with E-state index in [0.717, 1.165) is 23.6 Å². The van der Waals surface area contributed by atoms with Crippen LogP contribution in [0.2, 0.25) is 0 Å². The highest BCUT2D eigenvalue weighted by molar-refractivity contribution is 9.10. The van der Waals surface area contributed by atoms with E-state index >= 15 is 0 Å². The number of carbonyl (C=O) groups is 1. The van der Waals surface area contributed by atoms with Crippen LogP contribution in [0.3, 0.4) is 0 Å². The highest BCUT2D eigenvalue weighted by Crippen LogP contribution is 2.30. The van der Waals surface area contributed by atoms with Crippen LogP contribution in [-0.4, -0.2) is 45.2 Å². The number of rotatable bonds is 5. The summed E-state index contributed by atoms with van der Waals surface area (Å²) in [5, 5.41) is 4.37. The summed E-state index contributed by atoms with van der Waals surface area (Å²) in [7, 11) is 0. The molecule has 5 rings (SSSR count). The van der Waals surface area contributed by atoms with Crippen molar-refractivity contribution in [2.24, 2.45) is 11.8 Å². The van der Waals surface area contributed by atoms with Crippen LogP contribution in [0.4, 0.5) is 4.39 Å². The highest BCUT2D eigenvalue weighted by Gasteiger charge is 2.34. The number of halogens is 2. The minimum absolute atomic E-state index is 0.0548. The topological polar surface area (TPSA) is 50.5 Å². The predicted molar refractivity (Wildman–Crippen MR) is 117 cm³/mol. The number of amides is 1. The molecule has 156 valence electrons. The lowest BCUT2D eigenvalue weighted by Crippen LogP contribution is -2.50. The largest absolute Gasteiger partial charge is 0.338 e. The quantitative estimate of drug-likeness (QED) is 0.530. The fraction of sp³-hybridized carbons (Fsp3) is 0.435. The third kappa shape index (κ3) is 3.64. The molecular formula is C23H24BrFN4O. The van der Waals surface area contributed by atoms with E-state index in [1.807, 2.05) is 12.3 Å². The zero-order chi connectivity index (χ0) is 20.7. The van der Waals surface area contributed by atoms with E-state index in [-0.39, 0.29) is 11.8 Å². The summed E-state index contributed by atoms with van der Waals surface area (Å²) in [6.45, 7) is 0.501. The Hall–Kier alpha value is -2.28. The number of nitrogens with zero attached hydrogens (tertiary/aromatic N) is 4. The van der Waals surface area contributed by atoms with Crippen molar-refractivity contribution < 1.29 is 9.18 Å². The van der Waals surface area contributed by atoms with Gasteiger partial charge in [-0.25, -0.2) is 9.50 Å². The summed E-state index contributed by atoms with van der Waals surface area (Å²) in [5.74, 6) is 0.612. The second-order valence-corrected chi connectivity index (χ2v) is 9.28. The van der Waals surface area contributed by atoms with Crippen LogP contribution >= 0.6 is 15.9 Å². The first-order chi connectivity index (χ1) is 14.6. The molecular weight excluding hydrogens is 447 g/mol. The van der Waals surface area contributed by atoms with Crippen molar-refractivity contribution in [3.05, 3.63) is 52.3 Å². The monoisotopic (exact) mass is 470 g/mol. The van der Waals surface area contributed by atoms with E-state index in [9.17, 15) is 9.18 Å². The Labute approximate surface area is 183 Å². The molecule has 0 N–H and O–H groups in total. The van der Waals surface area contributed by atoms with E-state index in [4.69, 9.17) is 4.98 Å². The lowest BCUT2D eigenvalue weighted by molar-refractivity contribution is 0.0453. The van der Waals surface area contributed by atoms with Crippen LogP contribution < -0.4 is 0 Å². The molecule has 5 nitrogen and oxygen atoms in total. The molecule has 1 aromatic carbocycles. The van der Waals surface area contributed by atoms with Gasteiger partial charge in [0.05, 0.1) is 12.4 Å². The molecule has 1 saturated carbocycles. The third-order valence-corrected chi connectivity index (χ3v) is 6.92. The maximum absolute atomic E-state index is 12.9. The number of carbonyl (C=O) groups excluding carboxylic acids is 1. The summed E-state index contributed by atoms with van der Waals surface area (Å²) in [6.07, 6.45) is 8.38. The lowest BCUT2D eigenvalue weighted by atomic mass is 9.97. The molecule has 3 heterocycles. The van der Waals surface area contributed by atoms with Crippen LogP contribution in [0.15, 0.2) is 41.1 Å². The van der Waals surface area contributed by atoms with Gasteiger partial charge >= 0.3 is 0 Å². The first-order valence-electron chi connectivity index (χ1n) is 10.6. The van der Waals surface area contributed by atoms with Gasteiger partial charge in [0.1, 0.15) is 10.2 Å². The maximum atomic E-state index is 12.9. The van der Waals surface area contributed by atoms with Crippen molar-refractivity contribution in [2.45, 2.75) is 32.1 Å². The highest BCUT2D eigenvalue weighted by atomic mass is 79.9. The van der Waals surface area contributed by atoms with E-state index < -0.39 is 6.67 Å². The van der Waals surface area contributed by atoms with Crippen molar-refractivity contribution >= 4 is 27.5 Å². The van der Waals surface area contributed by atoms with E-state index in [1.165, 1.54) is 31.2 Å². The molecule has 0 spiro atoms. The molecule has 0 radical (unpaired) electrons. The minimum Gasteiger partial charge on any atom is -0.338 e. The lowest BCUT2D eigenvalue weighted by Gasteiger charge is -2.37. The Morgan fingerprint density at radius 3 is 2.53 bits per heavy atom. The Morgan fingerprint density at radius 1 is 1.10 bits per heavy atom. The maximum Gasteiger partial charge on any atom is 0.260 e. The molecule has 2 fully saturated rings. The number of fused-ring (bicyclic) bond motifs is 1. The van der Waals surface area contributed by atoms with Gasteiger partial charge in [0.25, 0.3) is 5.91 Å². The second-order valence-electron chi connectivity index (χ2n) is 8.53.